The Labute approximate surface area is 746 Å². The number of ether oxygens (including phenoxy) is 20. The Morgan fingerprint density at radius 2 is 0.750 bits per heavy atom. The molecule has 0 aromatic heterocycles. The third-order valence-electron chi connectivity index (χ3n) is 17.8. The summed E-state index contributed by atoms with van der Waals surface area (Å²) in [5.41, 5.74) is 5.26. The number of hydrogen-bond acceptors (Lipinski definition) is 43. The number of nitrogens with zero attached hydrogens (tertiary/aromatic N) is 1. The van der Waals surface area contributed by atoms with Crippen molar-refractivity contribution < 1.29 is 202 Å². The summed E-state index contributed by atoms with van der Waals surface area (Å²) in [5, 5.41) is 60.9. The summed E-state index contributed by atoms with van der Waals surface area (Å²) in [5.74, 6) is -9.51. The first-order valence-electron chi connectivity index (χ1n) is 40.4. The molecule has 48 heteroatoms. The molecular formula is C80H128ClN5O42. The van der Waals surface area contributed by atoms with Gasteiger partial charge in [-0.25, -0.2) is 4.99 Å². The van der Waals surface area contributed by atoms with Gasteiger partial charge in [0.15, 0.2) is 67.4 Å². The predicted octanol–water partition coefficient (Wildman–Crippen LogP) is -0.704. The lowest BCUT2D eigenvalue weighted by Gasteiger charge is -2.44. The molecule has 0 radical (unpaired) electrons. The van der Waals surface area contributed by atoms with Crippen LogP contribution >= 0.6 is 12.4 Å². The van der Waals surface area contributed by atoms with E-state index in [9.17, 15) is 86.9 Å². The number of carbonyl (C=O) groups excluding carboxylic acids is 15. The molecule has 6 heterocycles. The molecule has 0 aromatic carbocycles. The molecule has 0 saturated carbocycles. The number of carbonyl (C=O) groups is 16. The van der Waals surface area contributed by atoms with Gasteiger partial charge in [-0.05, 0) is 51.4 Å². The molecule has 47 nitrogen and oxygen atoms in total. The minimum absolute atomic E-state index is 0. The van der Waals surface area contributed by atoms with E-state index in [1.807, 2.05) is 6.08 Å². The molecular weight excluding hydrogens is 1740 g/mol. The zero-order valence-electron chi connectivity index (χ0n) is 74.8. The molecule has 0 bridgehead atoms. The van der Waals surface area contributed by atoms with Crippen molar-refractivity contribution in [1.82, 2.24) is 16.0 Å². The Morgan fingerprint density at radius 1 is 0.414 bits per heavy atom. The largest absolute Gasteiger partial charge is 0.481 e. The van der Waals surface area contributed by atoms with Crippen molar-refractivity contribution in [3.05, 3.63) is 25.3 Å². The van der Waals surface area contributed by atoms with E-state index in [0.717, 1.165) is 59.8 Å². The number of carboxylic acids is 1. The fraction of sp³-hybridized carbons (Fsp3) is 0.738. The van der Waals surface area contributed by atoms with Crippen LogP contribution in [-0.2, 0) is 171 Å². The third-order valence-corrected chi connectivity index (χ3v) is 17.8. The molecule has 0 spiro atoms. The highest BCUT2D eigenvalue weighted by Crippen LogP contribution is 2.35. The molecule has 732 valence electrons. The van der Waals surface area contributed by atoms with Crippen LogP contribution in [0.1, 0.15) is 175 Å². The van der Waals surface area contributed by atoms with Crippen LogP contribution in [0.5, 0.6) is 0 Å². The van der Waals surface area contributed by atoms with Crippen LogP contribution < -0.4 is 21.7 Å². The van der Waals surface area contributed by atoms with Crippen molar-refractivity contribution in [2.45, 2.75) is 323 Å². The van der Waals surface area contributed by atoms with Crippen molar-refractivity contribution in [2.75, 3.05) is 52.9 Å². The average Bonchev–Trinajstić information content (AvgIpc) is 1.70. The van der Waals surface area contributed by atoms with Crippen LogP contribution in [-0.4, -0.2) is 332 Å². The number of amides is 3. The van der Waals surface area contributed by atoms with Gasteiger partial charge in [0.1, 0.15) is 87.3 Å². The number of carboxylic acid groups (broad SMARTS) is 1. The molecule has 6 aliphatic heterocycles. The summed E-state index contributed by atoms with van der Waals surface area (Å²) in [4.78, 5) is 187. The molecule has 6 aliphatic rings. The Balaban J connectivity index is 0.00000157. The molecule has 5 fully saturated rings. The number of allylic oxidation sites excluding steroid dienone is 2. The zero-order chi connectivity index (χ0) is 96.7. The molecule has 0 aromatic rings. The minimum atomic E-state index is -1.37. The number of nitrogens with one attached hydrogen (secondary N) is 3. The van der Waals surface area contributed by atoms with Crippen molar-refractivity contribution in [3.63, 3.8) is 0 Å². The molecule has 11 N–H and O–H groups in total. The lowest BCUT2D eigenvalue weighted by Crippen LogP contribution is -2.66. The normalized spacial score (nSPS) is 28.5. The van der Waals surface area contributed by atoms with Crippen LogP contribution in [0.25, 0.3) is 0 Å². The second kappa shape index (κ2) is 62.5. The van der Waals surface area contributed by atoms with Gasteiger partial charge in [0.25, 0.3) is 0 Å². The molecule has 5 saturated heterocycles. The molecule has 25 atom stereocenters. The first kappa shape index (κ1) is 118. The average molecular weight is 1870 g/mol. The van der Waals surface area contributed by atoms with E-state index in [1.54, 1.807) is 19.9 Å². The van der Waals surface area contributed by atoms with Crippen LogP contribution in [0.4, 0.5) is 0 Å². The maximum Gasteiger partial charge on any atom is 0.305 e. The number of halogens is 1. The summed E-state index contributed by atoms with van der Waals surface area (Å²) in [6.45, 7) is 28.2. The predicted molar refractivity (Wildman–Crippen MR) is 436 cm³/mol. The van der Waals surface area contributed by atoms with Gasteiger partial charge in [-0.2, -0.15) is 0 Å². The first-order valence-corrected chi connectivity index (χ1v) is 40.4. The molecule has 128 heavy (non-hydrogen) atoms. The third kappa shape index (κ3) is 46.0. The highest BCUT2D eigenvalue weighted by Gasteiger charge is 2.56. The maximum absolute atomic E-state index is 11.8. The number of aliphatic hydroxyl groups excluding tert-OH is 5. The Kier molecular flexibility index (Phi) is 57.7. The number of hydrogen-bond donors (Lipinski definition) is 10. The van der Waals surface area contributed by atoms with Crippen LogP contribution in [0.15, 0.2) is 30.3 Å². The van der Waals surface area contributed by atoms with E-state index in [2.05, 4.69) is 34.1 Å². The van der Waals surface area contributed by atoms with Crippen molar-refractivity contribution in [1.29, 1.82) is 0 Å². The van der Waals surface area contributed by atoms with Crippen LogP contribution in [0.3, 0.4) is 0 Å². The van der Waals surface area contributed by atoms with E-state index in [-0.39, 0.29) is 63.7 Å². The Morgan fingerprint density at radius 3 is 1.12 bits per heavy atom. The van der Waals surface area contributed by atoms with Gasteiger partial charge in [0.2, 0.25) is 30.3 Å². The minimum Gasteiger partial charge on any atom is -0.481 e. The summed E-state index contributed by atoms with van der Waals surface area (Å²) < 4.78 is 107. The number of nitrogens with two attached hydrogens (primary N) is 1. The number of aliphatic hydroxyl groups is 5. The van der Waals surface area contributed by atoms with Crippen LogP contribution in [0, 0.1) is 5.92 Å². The van der Waals surface area contributed by atoms with Crippen molar-refractivity contribution in [2.24, 2.45) is 16.6 Å². The van der Waals surface area contributed by atoms with E-state index >= 15 is 0 Å². The van der Waals surface area contributed by atoms with Gasteiger partial charge < -0.3 is 147 Å². The second-order valence-corrected chi connectivity index (χ2v) is 29.0. The van der Waals surface area contributed by atoms with Gasteiger partial charge in [-0.1, -0.05) is 19.1 Å². The monoisotopic (exact) mass is 1870 g/mol. The number of fused-ring (bicyclic) bond motifs is 1. The van der Waals surface area contributed by atoms with Gasteiger partial charge in [-0.15, -0.1) is 25.6 Å². The number of unbranched alkanes of at least 4 members (excludes halogenated alkanes) is 5. The first-order chi connectivity index (χ1) is 59.5. The lowest BCUT2D eigenvalue weighted by molar-refractivity contribution is -0.277. The summed E-state index contributed by atoms with van der Waals surface area (Å²) in [7, 11) is 0. The van der Waals surface area contributed by atoms with Crippen LogP contribution in [0.2, 0.25) is 0 Å². The van der Waals surface area contributed by atoms with Gasteiger partial charge >= 0.3 is 77.6 Å². The number of aliphatic carboxylic acids is 1. The number of esters is 12. The fourth-order valence-corrected chi connectivity index (χ4v) is 12.6. The zero-order valence-corrected chi connectivity index (χ0v) is 75.7. The fourth-order valence-electron chi connectivity index (χ4n) is 12.6. The van der Waals surface area contributed by atoms with Gasteiger partial charge in [-0.3, -0.25) is 76.7 Å². The molecule has 0 aliphatic carbocycles. The smallest absolute Gasteiger partial charge is 0.305 e. The second-order valence-electron chi connectivity index (χ2n) is 29.0. The Hall–Kier alpha value is -9.76. The SMILES string of the molecule is C=CCCCCO.C=CCCCCO[C@@H]1OC(COC(C)=O)[C@H](OC(C)=O)[C@H](OC(C)=O)C1NC(C)=O.CC(=O)NC1C(OC(C)=O)OC(COC(C)=O)[C@H](OC(C)=O)[C@@H]1OC(C)=O.CC(=O)NC1[C@H](OCCCCC(=O)O)OC(COC(C)=O)[C@H](OC(C)=O)[C@@H]1C.CC(=O)OCC1O[C@@H]2OC(C)=NC2[C@@H](OC(C)=O)[C@H]1OC(C)=O.Cl.NC1C(O)OC(CO)[C@H](O)[C@@H]1O. The van der Waals surface area contributed by atoms with E-state index in [0.29, 0.717) is 38.4 Å². The number of rotatable bonds is 36. The van der Waals surface area contributed by atoms with E-state index < -0.39 is 243 Å². The lowest BCUT2D eigenvalue weighted by atomic mass is 9.88. The van der Waals surface area contributed by atoms with E-state index in [1.165, 1.54) is 76.2 Å². The van der Waals surface area contributed by atoms with Crippen molar-refractivity contribution in [3.8, 4) is 0 Å². The van der Waals surface area contributed by atoms with Gasteiger partial charge in [0, 0.05) is 143 Å². The van der Waals surface area contributed by atoms with Crippen molar-refractivity contribution >= 4 is 114 Å². The standard InChI is InChI=1S/C20H31NO9.C18H29NO9.C16H23NO10.C14H19NO8.C6H13NO5.C6H12O.ClH/c1-6-7-8-9-10-26-20-17(21-12(2)22)19(29-15(5)25)18(28-14(4)24)16(30-20)11-27-13(3)23;1-10-16(19-11(2)20)18(25-8-6-5-7-15(23)24)28-14(9-26-12(3)21)17(10)27-13(4)22;1-7(18)17-13-15(25-10(4)21)14(24-9(3)20)12(6-23-8(2)19)27-16(13)26-11(5)22;1-6-15-11-13(22-9(4)18)12(21-8(3)17)10(5-19-7(2)16)23-14(11)20-6;7-3-5(10)4(9)2(1-8)12-6(3)11;1-2-3-4-5-6-7;/h6,16-20H,1,7-11H2,2-5H3,(H,21,22);10,14,16-18H,5-9H2,1-4H3,(H,19,20)(H,23,24);12-16H,6H2,1-5H3,(H,17,18);10-14H,5H2,1-4H3;2-6,8-11H,1,7H2;2,7H,1,3-6H2;1H/t16?,17?,18-,19+,20+;10-,14?,16?,17-,18-;12?,13?,14-,15+,16?;10?,11?,12-,13+,14-;2?,3?,4-,5+,6?;;/m01000../s1. The maximum atomic E-state index is 11.8. The van der Waals surface area contributed by atoms with Gasteiger partial charge in [0.05, 0.1) is 18.7 Å². The molecule has 12 unspecified atom stereocenters. The summed E-state index contributed by atoms with van der Waals surface area (Å²) in [6, 6.07) is -4.40. The topological polar surface area (TPSA) is 654 Å². The molecule has 3 amide bonds. The Bertz CT molecular complexity index is 3590. The quantitative estimate of drug-likeness (QED) is 0.0160. The van der Waals surface area contributed by atoms with E-state index in [4.69, 9.17) is 121 Å². The highest BCUT2D eigenvalue weighted by molar-refractivity contribution is 5.85. The molecule has 6 rings (SSSR count). The highest BCUT2D eigenvalue weighted by atomic mass is 35.5. The summed E-state index contributed by atoms with van der Waals surface area (Å²) >= 11 is 0. The number of aliphatic imine (C=N–C) groups is 1. The summed E-state index contributed by atoms with van der Waals surface area (Å²) in [6.07, 6.45) is -9.89.